The number of aryl methyl sites for hydroxylation is 1. The predicted molar refractivity (Wildman–Crippen MR) is 89.8 cm³/mol. The van der Waals surface area contributed by atoms with Gasteiger partial charge in [0.25, 0.3) is 0 Å². The van der Waals surface area contributed by atoms with E-state index in [0.29, 0.717) is 35.7 Å². The molecule has 4 nitrogen and oxygen atoms in total. The van der Waals surface area contributed by atoms with Gasteiger partial charge in [0.05, 0.1) is 11.0 Å². The summed E-state index contributed by atoms with van der Waals surface area (Å²) in [5.74, 6) is -3.27. The lowest BCUT2D eigenvalue weighted by Gasteiger charge is -2.27. The second-order valence-electron chi connectivity index (χ2n) is 6.24. The third-order valence-electron chi connectivity index (χ3n) is 3.97. The molecule has 0 bridgehead atoms. The lowest BCUT2D eigenvalue weighted by atomic mass is 10.1. The molecular formula is C18H18F3N3O. The van der Waals surface area contributed by atoms with E-state index in [1.54, 1.807) is 26.0 Å². The first-order valence-electron chi connectivity index (χ1n) is 7.82. The van der Waals surface area contributed by atoms with Gasteiger partial charge in [0.15, 0.2) is 34.6 Å². The summed E-state index contributed by atoms with van der Waals surface area (Å²) in [5.41, 5.74) is 6.82. The minimum atomic E-state index is -1.26. The molecule has 25 heavy (non-hydrogen) atoms. The van der Waals surface area contributed by atoms with Crippen molar-refractivity contribution in [1.29, 1.82) is 0 Å². The first kappa shape index (κ1) is 17.1. The lowest BCUT2D eigenvalue weighted by Crippen LogP contribution is -2.30. The van der Waals surface area contributed by atoms with Crippen molar-refractivity contribution in [2.75, 3.05) is 5.73 Å². The van der Waals surface area contributed by atoms with Crippen molar-refractivity contribution < 1.29 is 17.9 Å². The number of fused-ring (bicyclic) bond motifs is 1. The maximum Gasteiger partial charge on any atom is 0.168 e. The van der Waals surface area contributed by atoms with Crippen LogP contribution in [0, 0.1) is 17.5 Å². The monoisotopic (exact) mass is 349 g/mol. The number of nitrogens with zero attached hydrogens (tertiary/aromatic N) is 2. The van der Waals surface area contributed by atoms with E-state index in [1.165, 1.54) is 0 Å². The van der Waals surface area contributed by atoms with E-state index >= 15 is 0 Å². The van der Waals surface area contributed by atoms with Crippen LogP contribution >= 0.6 is 0 Å². The molecule has 2 aromatic carbocycles. The highest BCUT2D eigenvalue weighted by atomic mass is 19.2. The molecule has 0 amide bonds. The molecule has 1 aromatic heterocycles. The van der Waals surface area contributed by atoms with E-state index < -0.39 is 23.1 Å². The summed E-state index contributed by atoms with van der Waals surface area (Å²) in [5, 5.41) is 0. The third kappa shape index (κ3) is 3.01. The summed E-state index contributed by atoms with van der Waals surface area (Å²) in [6.07, 6.45) is 0. The topological polar surface area (TPSA) is 53.1 Å². The van der Waals surface area contributed by atoms with Crippen LogP contribution in [-0.2, 0) is 12.1 Å². The van der Waals surface area contributed by atoms with Gasteiger partial charge in [-0.05, 0) is 39.0 Å². The molecular weight excluding hydrogens is 331 g/mol. The molecule has 0 spiro atoms. The van der Waals surface area contributed by atoms with Gasteiger partial charge < -0.3 is 15.0 Å². The number of nitrogen functional groups attached to an aromatic ring is 1. The first-order valence-corrected chi connectivity index (χ1v) is 7.82. The van der Waals surface area contributed by atoms with Crippen LogP contribution in [0.15, 0.2) is 30.3 Å². The van der Waals surface area contributed by atoms with E-state index in [2.05, 4.69) is 4.98 Å². The average molecular weight is 349 g/mol. The first-order chi connectivity index (χ1) is 11.7. The molecule has 132 valence electrons. The zero-order valence-electron chi connectivity index (χ0n) is 14.1. The average Bonchev–Trinajstić information content (AvgIpc) is 2.91. The molecule has 3 rings (SSSR count). The number of aromatic nitrogens is 2. The minimum Gasteiger partial charge on any atom is -0.477 e. The van der Waals surface area contributed by atoms with Crippen LogP contribution in [0.3, 0.4) is 0 Å². The summed E-state index contributed by atoms with van der Waals surface area (Å²) < 4.78 is 48.1. The SMILES string of the molecule is CCn1c(C(C)(C)Oc2cc(F)c(F)cc2F)nc2cc(N)ccc21. The van der Waals surface area contributed by atoms with Crippen molar-refractivity contribution in [3.05, 3.63) is 53.6 Å². The number of rotatable bonds is 4. The van der Waals surface area contributed by atoms with E-state index in [-0.39, 0.29) is 5.75 Å². The van der Waals surface area contributed by atoms with Crippen molar-refractivity contribution in [3.8, 4) is 5.75 Å². The highest BCUT2D eigenvalue weighted by Crippen LogP contribution is 2.32. The van der Waals surface area contributed by atoms with Gasteiger partial charge in [-0.1, -0.05) is 0 Å². The Morgan fingerprint density at radius 3 is 2.44 bits per heavy atom. The van der Waals surface area contributed by atoms with Crippen molar-refractivity contribution in [2.24, 2.45) is 0 Å². The molecule has 0 aliphatic rings. The molecule has 0 atom stereocenters. The Morgan fingerprint density at radius 2 is 1.76 bits per heavy atom. The van der Waals surface area contributed by atoms with Crippen LogP contribution in [0.1, 0.15) is 26.6 Å². The Balaban J connectivity index is 2.08. The smallest absolute Gasteiger partial charge is 0.168 e. The number of anilines is 1. The summed E-state index contributed by atoms with van der Waals surface area (Å²) in [6.45, 7) is 5.91. The zero-order chi connectivity index (χ0) is 18.4. The molecule has 7 heteroatoms. The molecule has 0 fully saturated rings. The maximum atomic E-state index is 13.9. The van der Waals surface area contributed by atoms with Crippen LogP contribution in [0.2, 0.25) is 0 Å². The molecule has 0 radical (unpaired) electrons. The van der Waals surface area contributed by atoms with Gasteiger partial charge in [-0.2, -0.15) is 0 Å². The standard InChI is InChI=1S/C18H18F3N3O/c1-4-24-15-6-5-10(22)7-14(15)23-17(24)18(2,3)25-16-9-12(20)11(19)8-13(16)21/h5-9H,4,22H2,1-3H3. The highest BCUT2D eigenvalue weighted by Gasteiger charge is 2.31. The Morgan fingerprint density at radius 1 is 1.08 bits per heavy atom. The number of nitrogens with two attached hydrogens (primary N) is 1. The fraction of sp³-hybridized carbons (Fsp3) is 0.278. The van der Waals surface area contributed by atoms with Crippen LogP contribution in [-0.4, -0.2) is 9.55 Å². The maximum absolute atomic E-state index is 13.9. The molecule has 0 saturated heterocycles. The molecule has 2 N–H and O–H groups in total. The Bertz CT molecular complexity index is 950. The molecule has 0 aliphatic carbocycles. The Labute approximate surface area is 143 Å². The number of hydrogen-bond donors (Lipinski definition) is 1. The second-order valence-corrected chi connectivity index (χ2v) is 6.24. The fourth-order valence-corrected chi connectivity index (χ4v) is 2.83. The van der Waals surface area contributed by atoms with Gasteiger partial charge in [-0.3, -0.25) is 0 Å². The van der Waals surface area contributed by atoms with Gasteiger partial charge in [0.1, 0.15) is 0 Å². The largest absolute Gasteiger partial charge is 0.477 e. The van der Waals surface area contributed by atoms with Crippen molar-refractivity contribution in [2.45, 2.75) is 32.9 Å². The number of ether oxygens (including phenoxy) is 1. The lowest BCUT2D eigenvalue weighted by molar-refractivity contribution is 0.0886. The van der Waals surface area contributed by atoms with Gasteiger partial charge in [0.2, 0.25) is 0 Å². The normalized spacial score (nSPS) is 11.9. The van der Waals surface area contributed by atoms with Gasteiger partial charge >= 0.3 is 0 Å². The number of benzene rings is 2. The van der Waals surface area contributed by atoms with Crippen molar-refractivity contribution in [3.63, 3.8) is 0 Å². The van der Waals surface area contributed by atoms with Crippen LogP contribution in [0.5, 0.6) is 5.75 Å². The second kappa shape index (κ2) is 5.98. The Kier molecular flexibility index (Phi) is 4.10. The number of hydrogen-bond acceptors (Lipinski definition) is 3. The van der Waals surface area contributed by atoms with E-state index in [9.17, 15) is 13.2 Å². The summed E-state index contributed by atoms with van der Waals surface area (Å²) in [4.78, 5) is 4.55. The highest BCUT2D eigenvalue weighted by molar-refractivity contribution is 5.79. The van der Waals surface area contributed by atoms with Crippen molar-refractivity contribution >= 4 is 16.7 Å². The summed E-state index contributed by atoms with van der Waals surface area (Å²) in [7, 11) is 0. The Hall–Kier alpha value is -2.70. The number of imidazole rings is 1. The minimum absolute atomic E-state index is 0.377. The molecule has 0 saturated carbocycles. The van der Waals surface area contributed by atoms with Crippen LogP contribution in [0.25, 0.3) is 11.0 Å². The van der Waals surface area contributed by atoms with E-state index in [1.807, 2.05) is 17.6 Å². The van der Waals surface area contributed by atoms with Gasteiger partial charge in [0, 0.05) is 24.4 Å². The van der Waals surface area contributed by atoms with E-state index in [4.69, 9.17) is 10.5 Å². The van der Waals surface area contributed by atoms with Crippen LogP contribution in [0.4, 0.5) is 18.9 Å². The summed E-state index contributed by atoms with van der Waals surface area (Å²) >= 11 is 0. The summed E-state index contributed by atoms with van der Waals surface area (Å²) in [6, 6.07) is 6.51. The van der Waals surface area contributed by atoms with Gasteiger partial charge in [-0.15, -0.1) is 0 Å². The molecule has 1 heterocycles. The van der Waals surface area contributed by atoms with Gasteiger partial charge in [-0.25, -0.2) is 18.2 Å². The molecule has 0 unspecified atom stereocenters. The third-order valence-corrected chi connectivity index (χ3v) is 3.97. The molecule has 3 aromatic rings. The van der Waals surface area contributed by atoms with Crippen molar-refractivity contribution in [1.82, 2.24) is 9.55 Å². The predicted octanol–water partition coefficient (Wildman–Crippen LogP) is 4.37. The van der Waals surface area contributed by atoms with E-state index in [0.717, 1.165) is 5.52 Å². The zero-order valence-corrected chi connectivity index (χ0v) is 14.1. The fourth-order valence-electron chi connectivity index (χ4n) is 2.83. The quantitative estimate of drug-likeness (QED) is 0.562. The number of halogens is 3. The molecule has 0 aliphatic heterocycles. The van der Waals surface area contributed by atoms with Crippen LogP contribution < -0.4 is 10.5 Å².